The molecule has 0 amide bonds. The number of nitrogens with one attached hydrogen (secondary N) is 1. The van der Waals surface area contributed by atoms with Crippen molar-refractivity contribution in [2.75, 3.05) is 4.90 Å². The van der Waals surface area contributed by atoms with Gasteiger partial charge in [0.1, 0.15) is 5.82 Å². The molecule has 0 spiro atoms. The number of aryl methyl sites for hydroxylation is 4. The highest BCUT2D eigenvalue weighted by atomic mass is 32.1. The number of pyridine rings is 1. The monoisotopic (exact) mass is 484 g/mol. The van der Waals surface area contributed by atoms with Gasteiger partial charge in [0, 0.05) is 23.3 Å². The van der Waals surface area contributed by atoms with Crippen LogP contribution < -0.4 is 10.2 Å². The topological polar surface area (TPSA) is 33.1 Å². The maximum Gasteiger partial charge on any atom is 0.174 e. The predicted octanol–water partition coefficient (Wildman–Crippen LogP) is 6.73. The maximum atomic E-state index is 14.1. The minimum absolute atomic E-state index is 0.147. The minimum Gasteiger partial charge on any atom is -0.351 e. The van der Waals surface area contributed by atoms with Crippen molar-refractivity contribution < 1.29 is 4.39 Å². The van der Waals surface area contributed by atoms with Gasteiger partial charge in [-0.1, -0.05) is 24.3 Å². The normalized spacial score (nSPS) is 17.7. The van der Waals surface area contributed by atoms with E-state index < -0.39 is 0 Å². The molecule has 6 heteroatoms. The van der Waals surface area contributed by atoms with E-state index in [9.17, 15) is 4.39 Å². The average molecular weight is 485 g/mol. The first-order valence-corrected chi connectivity index (χ1v) is 12.2. The number of hydrogen-bond acceptors (Lipinski definition) is 2. The molecular formula is C29H29FN4S. The number of aromatic nitrogens is 2. The van der Waals surface area contributed by atoms with Crippen LogP contribution in [0.5, 0.6) is 0 Å². The summed E-state index contributed by atoms with van der Waals surface area (Å²) >= 11 is 5.86. The molecule has 2 aromatic heterocycles. The molecule has 0 aliphatic carbocycles. The van der Waals surface area contributed by atoms with Gasteiger partial charge < -0.3 is 14.8 Å². The molecule has 1 aliphatic rings. The van der Waals surface area contributed by atoms with Crippen LogP contribution in [0.1, 0.15) is 51.4 Å². The molecule has 3 heterocycles. The Balaban J connectivity index is 1.72. The van der Waals surface area contributed by atoms with Gasteiger partial charge in [0.25, 0.3) is 0 Å². The van der Waals surface area contributed by atoms with Crippen LogP contribution in [-0.4, -0.2) is 14.7 Å². The van der Waals surface area contributed by atoms with Crippen molar-refractivity contribution in [3.05, 3.63) is 112 Å². The first-order chi connectivity index (χ1) is 16.8. The summed E-state index contributed by atoms with van der Waals surface area (Å²) in [6, 6.07) is 19.5. The van der Waals surface area contributed by atoms with Gasteiger partial charge in [-0.05, 0) is 105 Å². The third-order valence-corrected chi connectivity index (χ3v) is 7.28. The van der Waals surface area contributed by atoms with Crippen LogP contribution in [0.4, 0.5) is 10.1 Å². The second kappa shape index (κ2) is 8.93. The second-order valence-electron chi connectivity index (χ2n) is 9.33. The van der Waals surface area contributed by atoms with Crippen molar-refractivity contribution in [3.8, 4) is 5.69 Å². The van der Waals surface area contributed by atoms with Crippen LogP contribution in [0.3, 0.4) is 0 Å². The lowest BCUT2D eigenvalue weighted by molar-refractivity contribution is 0.564. The number of rotatable bonds is 4. The number of hydrogen-bond donors (Lipinski definition) is 1. The molecule has 178 valence electrons. The fourth-order valence-corrected chi connectivity index (χ4v) is 5.66. The molecule has 1 saturated heterocycles. The standard InChI is InChI=1S/C29H29FN4S/c1-17-9-8-10-18(2)27(17)33-20(4)16-23(21(33)5)28-26(25-11-6-7-14-31-25)32-29(35)34(28)22-12-13-24(30)19(3)15-22/h6-16,26,28H,1-5H3,(H,32,35). The van der Waals surface area contributed by atoms with Gasteiger partial charge in [-0.25, -0.2) is 4.39 Å². The zero-order valence-corrected chi connectivity index (χ0v) is 21.4. The van der Waals surface area contributed by atoms with Crippen molar-refractivity contribution in [2.45, 2.75) is 46.7 Å². The van der Waals surface area contributed by atoms with E-state index in [0.717, 1.165) is 28.3 Å². The third-order valence-electron chi connectivity index (χ3n) is 6.97. The van der Waals surface area contributed by atoms with E-state index in [1.807, 2.05) is 30.5 Å². The van der Waals surface area contributed by atoms with Gasteiger partial charge in [-0.15, -0.1) is 0 Å². The molecule has 35 heavy (non-hydrogen) atoms. The van der Waals surface area contributed by atoms with Crippen LogP contribution in [0.2, 0.25) is 0 Å². The van der Waals surface area contributed by atoms with Gasteiger partial charge in [-0.2, -0.15) is 0 Å². The highest BCUT2D eigenvalue weighted by Crippen LogP contribution is 2.44. The van der Waals surface area contributed by atoms with Crippen molar-refractivity contribution in [3.63, 3.8) is 0 Å². The molecule has 2 unspecified atom stereocenters. The van der Waals surface area contributed by atoms with Gasteiger partial charge >= 0.3 is 0 Å². The molecule has 2 aromatic carbocycles. The Hall–Kier alpha value is -3.51. The lowest BCUT2D eigenvalue weighted by Crippen LogP contribution is -2.29. The molecule has 5 rings (SSSR count). The Kier molecular flexibility index (Phi) is 5.93. The lowest BCUT2D eigenvalue weighted by atomic mass is 9.96. The molecular weight excluding hydrogens is 455 g/mol. The van der Waals surface area contributed by atoms with Crippen LogP contribution in [0.15, 0.2) is 66.9 Å². The van der Waals surface area contributed by atoms with Crippen molar-refractivity contribution in [2.24, 2.45) is 0 Å². The highest BCUT2D eigenvalue weighted by Gasteiger charge is 2.42. The average Bonchev–Trinajstić information content (AvgIpc) is 3.32. The summed E-state index contributed by atoms with van der Waals surface area (Å²) in [7, 11) is 0. The summed E-state index contributed by atoms with van der Waals surface area (Å²) in [6.07, 6.45) is 1.81. The summed E-state index contributed by atoms with van der Waals surface area (Å²) in [5, 5.41) is 4.12. The Labute approximate surface area is 211 Å². The first kappa shape index (κ1) is 23.2. The van der Waals surface area contributed by atoms with Gasteiger partial charge in [0.2, 0.25) is 0 Å². The molecule has 4 aromatic rings. The van der Waals surface area contributed by atoms with E-state index in [-0.39, 0.29) is 17.9 Å². The number of para-hydroxylation sites is 1. The number of anilines is 1. The van der Waals surface area contributed by atoms with E-state index in [4.69, 9.17) is 12.2 Å². The van der Waals surface area contributed by atoms with Crippen LogP contribution in [0.25, 0.3) is 5.69 Å². The fourth-order valence-electron chi connectivity index (χ4n) is 5.32. The van der Waals surface area contributed by atoms with E-state index in [1.54, 1.807) is 13.0 Å². The minimum atomic E-state index is -0.224. The van der Waals surface area contributed by atoms with E-state index in [0.29, 0.717) is 10.7 Å². The third kappa shape index (κ3) is 3.92. The van der Waals surface area contributed by atoms with Crippen LogP contribution in [0, 0.1) is 40.4 Å². The molecule has 1 aliphatic heterocycles. The molecule has 0 bridgehead atoms. The Morgan fingerprint density at radius 1 is 0.886 bits per heavy atom. The van der Waals surface area contributed by atoms with Crippen LogP contribution >= 0.6 is 12.2 Å². The summed E-state index contributed by atoms with van der Waals surface area (Å²) in [5.41, 5.74) is 9.50. The summed E-state index contributed by atoms with van der Waals surface area (Å²) in [5.74, 6) is -0.224. The molecule has 0 saturated carbocycles. The quantitative estimate of drug-likeness (QED) is 0.326. The van der Waals surface area contributed by atoms with E-state index >= 15 is 0 Å². The fraction of sp³-hybridized carbons (Fsp3) is 0.241. The SMILES string of the molecule is Cc1cc(N2C(=S)NC(c3ccccn3)C2c2cc(C)n(-c3c(C)cccc3C)c2C)ccc1F. The summed E-state index contributed by atoms with van der Waals surface area (Å²) in [4.78, 5) is 6.77. The molecule has 1 fully saturated rings. The Morgan fingerprint density at radius 2 is 1.63 bits per heavy atom. The molecule has 0 radical (unpaired) electrons. The van der Waals surface area contributed by atoms with Gasteiger partial charge in [-0.3, -0.25) is 4.98 Å². The van der Waals surface area contributed by atoms with Crippen molar-refractivity contribution in [1.29, 1.82) is 0 Å². The van der Waals surface area contributed by atoms with Gasteiger partial charge in [0.15, 0.2) is 5.11 Å². The molecule has 4 nitrogen and oxygen atoms in total. The van der Waals surface area contributed by atoms with E-state index in [1.165, 1.54) is 22.9 Å². The largest absolute Gasteiger partial charge is 0.351 e. The number of thiocarbonyl (C=S) groups is 1. The summed E-state index contributed by atoms with van der Waals surface area (Å²) < 4.78 is 16.5. The Morgan fingerprint density at radius 3 is 2.29 bits per heavy atom. The van der Waals surface area contributed by atoms with Crippen molar-refractivity contribution in [1.82, 2.24) is 14.9 Å². The number of benzene rings is 2. The maximum absolute atomic E-state index is 14.1. The Bertz CT molecular complexity index is 1410. The van der Waals surface area contributed by atoms with E-state index in [2.05, 4.69) is 71.7 Å². The smallest absolute Gasteiger partial charge is 0.174 e. The zero-order valence-electron chi connectivity index (χ0n) is 20.6. The lowest BCUT2D eigenvalue weighted by Gasteiger charge is -2.28. The van der Waals surface area contributed by atoms with Crippen LogP contribution in [-0.2, 0) is 0 Å². The van der Waals surface area contributed by atoms with Gasteiger partial charge in [0.05, 0.1) is 23.5 Å². The summed E-state index contributed by atoms with van der Waals surface area (Å²) in [6.45, 7) is 10.4. The van der Waals surface area contributed by atoms with Crippen molar-refractivity contribution >= 4 is 23.0 Å². The first-order valence-electron chi connectivity index (χ1n) is 11.8. The number of halogens is 1. The molecule has 2 atom stereocenters. The zero-order chi connectivity index (χ0) is 24.9. The predicted molar refractivity (Wildman–Crippen MR) is 144 cm³/mol. The highest BCUT2D eigenvalue weighted by molar-refractivity contribution is 7.80. The number of nitrogens with zero attached hydrogens (tertiary/aromatic N) is 3. The molecule has 1 N–H and O–H groups in total. The second-order valence-corrected chi connectivity index (χ2v) is 9.72.